The second-order valence-corrected chi connectivity index (χ2v) is 5.47. The number of carbonyl (C=O) groups excluding carboxylic acids is 2. The van der Waals surface area contributed by atoms with Crippen molar-refractivity contribution in [2.75, 3.05) is 45.3 Å². The first-order valence-corrected chi connectivity index (χ1v) is 7.57. The molecule has 0 spiro atoms. The number of hydrogen-bond acceptors (Lipinski definition) is 4. The van der Waals surface area contributed by atoms with Gasteiger partial charge in [0, 0.05) is 38.0 Å². The van der Waals surface area contributed by atoms with Crippen molar-refractivity contribution >= 4 is 29.2 Å². The minimum absolute atomic E-state index is 0.00305. The van der Waals surface area contributed by atoms with E-state index in [-0.39, 0.29) is 25.0 Å². The molecular formula is C15H20ClN3O4. The summed E-state index contributed by atoms with van der Waals surface area (Å²) < 4.78 is 9.98. The van der Waals surface area contributed by atoms with E-state index < -0.39 is 6.29 Å². The lowest BCUT2D eigenvalue weighted by Gasteiger charge is -2.19. The van der Waals surface area contributed by atoms with E-state index in [1.807, 2.05) is 0 Å². The van der Waals surface area contributed by atoms with E-state index in [1.165, 1.54) is 19.1 Å². The molecule has 1 aromatic rings. The van der Waals surface area contributed by atoms with Crippen LogP contribution in [0.15, 0.2) is 24.3 Å². The molecule has 0 aliphatic carbocycles. The van der Waals surface area contributed by atoms with Crippen LogP contribution in [-0.4, -0.2) is 63.5 Å². The fourth-order valence-corrected chi connectivity index (χ4v) is 2.41. The maximum absolute atomic E-state index is 12.4. The zero-order chi connectivity index (χ0) is 16.8. The number of nitrogens with zero attached hydrogens (tertiary/aromatic N) is 2. The maximum atomic E-state index is 12.4. The number of nitrogens with one attached hydrogen (secondary N) is 1. The number of carbonyl (C=O) groups is 2. The fraction of sp³-hybridized carbons (Fsp3) is 0.467. The Labute approximate surface area is 140 Å². The van der Waals surface area contributed by atoms with Crippen molar-refractivity contribution in [3.05, 3.63) is 29.3 Å². The normalized spacial score (nSPS) is 14.7. The summed E-state index contributed by atoms with van der Waals surface area (Å²) >= 11 is 5.85. The van der Waals surface area contributed by atoms with Crippen molar-refractivity contribution in [1.29, 1.82) is 0 Å². The van der Waals surface area contributed by atoms with E-state index in [9.17, 15) is 9.59 Å². The lowest BCUT2D eigenvalue weighted by molar-refractivity contribution is -0.127. The average molecular weight is 342 g/mol. The van der Waals surface area contributed by atoms with Crippen molar-refractivity contribution in [2.24, 2.45) is 0 Å². The molecule has 0 saturated carbocycles. The summed E-state index contributed by atoms with van der Waals surface area (Å²) in [6.45, 7) is 1.26. The van der Waals surface area contributed by atoms with Gasteiger partial charge < -0.3 is 19.7 Å². The van der Waals surface area contributed by atoms with Gasteiger partial charge in [-0.3, -0.25) is 9.69 Å². The predicted molar refractivity (Wildman–Crippen MR) is 86.6 cm³/mol. The molecule has 3 amide bonds. The molecule has 1 N–H and O–H groups in total. The molecule has 0 atom stereocenters. The van der Waals surface area contributed by atoms with Crippen LogP contribution in [0.2, 0.25) is 5.02 Å². The Morgan fingerprint density at radius 2 is 1.91 bits per heavy atom. The van der Waals surface area contributed by atoms with Gasteiger partial charge in [0.1, 0.15) is 6.54 Å². The molecule has 8 heteroatoms. The zero-order valence-corrected chi connectivity index (χ0v) is 13.9. The number of benzene rings is 1. The van der Waals surface area contributed by atoms with Crippen molar-refractivity contribution in [1.82, 2.24) is 10.2 Å². The zero-order valence-electron chi connectivity index (χ0n) is 13.1. The van der Waals surface area contributed by atoms with E-state index in [1.54, 1.807) is 29.2 Å². The summed E-state index contributed by atoms with van der Waals surface area (Å²) in [5.74, 6) is -0.254. The molecule has 126 valence electrons. The average Bonchev–Trinajstić information content (AvgIpc) is 2.90. The topological polar surface area (TPSA) is 71.1 Å². The SMILES string of the molecule is COC(CNC(=O)CN1CCN(c2ccc(Cl)cc2)C1=O)OC. The molecule has 0 aromatic heterocycles. The minimum Gasteiger partial charge on any atom is -0.354 e. The Hall–Kier alpha value is -1.83. The van der Waals surface area contributed by atoms with E-state index in [4.69, 9.17) is 21.1 Å². The Morgan fingerprint density at radius 1 is 1.26 bits per heavy atom. The van der Waals surface area contributed by atoms with Gasteiger partial charge in [-0.2, -0.15) is 0 Å². The second-order valence-electron chi connectivity index (χ2n) is 5.04. The number of amides is 3. The lowest BCUT2D eigenvalue weighted by Crippen LogP contribution is -2.42. The monoisotopic (exact) mass is 341 g/mol. The van der Waals surface area contributed by atoms with Gasteiger partial charge in [-0.25, -0.2) is 4.79 Å². The van der Waals surface area contributed by atoms with Gasteiger partial charge >= 0.3 is 6.03 Å². The first-order valence-electron chi connectivity index (χ1n) is 7.19. The van der Waals surface area contributed by atoms with Gasteiger partial charge in [-0.1, -0.05) is 11.6 Å². The predicted octanol–water partition coefficient (Wildman–Crippen LogP) is 1.32. The van der Waals surface area contributed by atoms with Crippen molar-refractivity contribution < 1.29 is 19.1 Å². The molecule has 1 aliphatic rings. The maximum Gasteiger partial charge on any atom is 0.325 e. The highest BCUT2D eigenvalue weighted by Crippen LogP contribution is 2.22. The summed E-state index contributed by atoms with van der Waals surface area (Å²) in [6.07, 6.45) is -0.501. The van der Waals surface area contributed by atoms with Gasteiger partial charge in [0.2, 0.25) is 5.91 Å². The Balaban J connectivity index is 1.87. The molecule has 23 heavy (non-hydrogen) atoms. The van der Waals surface area contributed by atoms with Crippen LogP contribution in [0.4, 0.5) is 10.5 Å². The summed E-state index contributed by atoms with van der Waals surface area (Å²) in [5, 5.41) is 3.29. The fourth-order valence-electron chi connectivity index (χ4n) is 2.28. The van der Waals surface area contributed by atoms with Crippen LogP contribution in [0.5, 0.6) is 0 Å². The second kappa shape index (κ2) is 8.14. The first kappa shape index (κ1) is 17.5. The molecule has 0 unspecified atom stereocenters. The van der Waals surface area contributed by atoms with Crippen LogP contribution < -0.4 is 10.2 Å². The Morgan fingerprint density at radius 3 is 2.52 bits per heavy atom. The first-order chi connectivity index (χ1) is 11.0. The number of rotatable bonds is 7. The molecule has 0 radical (unpaired) electrons. The smallest absolute Gasteiger partial charge is 0.325 e. The third kappa shape index (κ3) is 4.57. The number of methoxy groups -OCH3 is 2. The van der Waals surface area contributed by atoms with Crippen LogP contribution in [0.3, 0.4) is 0 Å². The molecule has 1 heterocycles. The van der Waals surface area contributed by atoms with Gasteiger partial charge in [0.05, 0.1) is 6.54 Å². The number of urea groups is 1. The molecule has 1 fully saturated rings. The van der Waals surface area contributed by atoms with E-state index in [2.05, 4.69) is 5.32 Å². The molecular weight excluding hydrogens is 322 g/mol. The number of ether oxygens (including phenoxy) is 2. The van der Waals surface area contributed by atoms with Crippen LogP contribution in [0, 0.1) is 0 Å². The summed E-state index contributed by atoms with van der Waals surface area (Å²) in [5.41, 5.74) is 0.765. The Bertz CT molecular complexity index is 548. The van der Waals surface area contributed by atoms with Crippen LogP contribution >= 0.6 is 11.6 Å². The molecule has 2 rings (SSSR count). The van der Waals surface area contributed by atoms with Crippen molar-refractivity contribution in [3.8, 4) is 0 Å². The van der Waals surface area contributed by atoms with E-state index >= 15 is 0 Å². The van der Waals surface area contributed by atoms with Gasteiger partial charge in [-0.05, 0) is 24.3 Å². The molecule has 1 saturated heterocycles. The third-order valence-corrected chi connectivity index (χ3v) is 3.81. The highest BCUT2D eigenvalue weighted by atomic mass is 35.5. The lowest BCUT2D eigenvalue weighted by atomic mass is 10.3. The summed E-state index contributed by atoms with van der Waals surface area (Å²) in [7, 11) is 2.99. The van der Waals surface area contributed by atoms with Gasteiger partial charge in [-0.15, -0.1) is 0 Å². The number of anilines is 1. The van der Waals surface area contributed by atoms with Crippen molar-refractivity contribution in [3.63, 3.8) is 0 Å². The Kier molecular flexibility index (Phi) is 6.20. The molecule has 1 aromatic carbocycles. The largest absolute Gasteiger partial charge is 0.354 e. The van der Waals surface area contributed by atoms with Gasteiger partial charge in [0.25, 0.3) is 0 Å². The molecule has 1 aliphatic heterocycles. The van der Waals surface area contributed by atoms with Crippen LogP contribution in [-0.2, 0) is 14.3 Å². The van der Waals surface area contributed by atoms with E-state index in [0.717, 1.165) is 5.69 Å². The quantitative estimate of drug-likeness (QED) is 0.759. The third-order valence-electron chi connectivity index (χ3n) is 3.56. The molecule has 0 bridgehead atoms. The standard InChI is InChI=1S/C15H20ClN3O4/c1-22-14(23-2)9-17-13(20)10-18-7-8-19(15(18)21)12-5-3-11(16)4-6-12/h3-6,14H,7-10H2,1-2H3,(H,17,20). The minimum atomic E-state index is -0.501. The van der Waals surface area contributed by atoms with Crippen LogP contribution in [0.25, 0.3) is 0 Å². The number of halogens is 1. The molecule has 7 nitrogen and oxygen atoms in total. The summed E-state index contributed by atoms with van der Waals surface area (Å²) in [4.78, 5) is 27.4. The highest BCUT2D eigenvalue weighted by Gasteiger charge is 2.30. The summed E-state index contributed by atoms with van der Waals surface area (Å²) in [6, 6.07) is 6.83. The van der Waals surface area contributed by atoms with Gasteiger partial charge in [0.15, 0.2) is 6.29 Å². The van der Waals surface area contributed by atoms with Crippen LogP contribution in [0.1, 0.15) is 0 Å². The number of hydrogen-bond donors (Lipinski definition) is 1. The van der Waals surface area contributed by atoms with E-state index in [0.29, 0.717) is 18.1 Å². The van der Waals surface area contributed by atoms with Crippen molar-refractivity contribution in [2.45, 2.75) is 6.29 Å². The highest BCUT2D eigenvalue weighted by molar-refractivity contribution is 6.30.